The Morgan fingerprint density at radius 1 is 0.973 bits per heavy atom. The van der Waals surface area contributed by atoms with E-state index in [1.165, 1.54) is 6.33 Å². The fourth-order valence-electron chi connectivity index (χ4n) is 4.18. The van der Waals surface area contributed by atoms with Crippen LogP contribution in [0.3, 0.4) is 0 Å². The van der Waals surface area contributed by atoms with Crippen LogP contribution in [0.4, 0.5) is 0 Å². The summed E-state index contributed by atoms with van der Waals surface area (Å²) in [5.74, 6) is 1.83. The van der Waals surface area contributed by atoms with Crippen molar-refractivity contribution in [3.63, 3.8) is 0 Å². The molecule has 1 atom stereocenters. The van der Waals surface area contributed by atoms with Gasteiger partial charge in [0.2, 0.25) is 11.6 Å². The van der Waals surface area contributed by atoms with Crippen LogP contribution in [0.15, 0.2) is 65.3 Å². The van der Waals surface area contributed by atoms with Gasteiger partial charge in [0.1, 0.15) is 23.2 Å². The number of ether oxygens (including phenoxy) is 3. The Labute approximate surface area is 217 Å². The summed E-state index contributed by atoms with van der Waals surface area (Å²) < 4.78 is 23.2. The molecule has 0 radical (unpaired) electrons. The predicted molar refractivity (Wildman–Crippen MR) is 144 cm³/mol. The van der Waals surface area contributed by atoms with E-state index in [2.05, 4.69) is 16.9 Å². The third-order valence-corrected chi connectivity index (χ3v) is 6.18. The largest absolute Gasteiger partial charge is 0.497 e. The SMILES string of the molecule is CCCCOC(=O)CCCC[C@@H](C)Oc1ncnc2oc(-c3ccccc3)c(-c3ccc(OC)cc3)c12. The molecule has 37 heavy (non-hydrogen) atoms. The molecule has 2 aromatic heterocycles. The molecule has 0 amide bonds. The van der Waals surface area contributed by atoms with Crippen LogP contribution in [0.25, 0.3) is 33.6 Å². The van der Waals surface area contributed by atoms with Crippen LogP contribution in [-0.2, 0) is 9.53 Å². The second kappa shape index (κ2) is 12.9. The van der Waals surface area contributed by atoms with Gasteiger partial charge in [0.25, 0.3) is 0 Å². The van der Waals surface area contributed by atoms with E-state index in [1.807, 2.05) is 61.5 Å². The lowest BCUT2D eigenvalue weighted by Crippen LogP contribution is -2.13. The number of rotatable bonds is 13. The van der Waals surface area contributed by atoms with Crippen molar-refractivity contribution in [3.05, 3.63) is 60.9 Å². The number of carbonyl (C=O) groups is 1. The van der Waals surface area contributed by atoms with Gasteiger partial charge in [-0.15, -0.1) is 0 Å². The number of furan rings is 1. The van der Waals surface area contributed by atoms with Gasteiger partial charge in [0, 0.05) is 17.5 Å². The van der Waals surface area contributed by atoms with Crippen molar-refractivity contribution in [3.8, 4) is 34.1 Å². The summed E-state index contributed by atoms with van der Waals surface area (Å²) in [5, 5.41) is 0.734. The van der Waals surface area contributed by atoms with Gasteiger partial charge in [-0.25, -0.2) is 9.97 Å². The van der Waals surface area contributed by atoms with E-state index in [1.54, 1.807) is 7.11 Å². The molecule has 0 unspecified atom stereocenters. The summed E-state index contributed by atoms with van der Waals surface area (Å²) >= 11 is 0. The summed E-state index contributed by atoms with van der Waals surface area (Å²) in [6, 6.07) is 17.8. The maximum Gasteiger partial charge on any atom is 0.305 e. The highest BCUT2D eigenvalue weighted by atomic mass is 16.5. The average Bonchev–Trinajstić information content (AvgIpc) is 3.32. The molecule has 7 nitrogen and oxygen atoms in total. The number of hydrogen-bond acceptors (Lipinski definition) is 7. The molecule has 0 bridgehead atoms. The number of nitrogens with zero attached hydrogens (tertiary/aromatic N) is 2. The highest BCUT2D eigenvalue weighted by molar-refractivity contribution is 6.03. The van der Waals surface area contributed by atoms with E-state index in [-0.39, 0.29) is 12.1 Å². The van der Waals surface area contributed by atoms with E-state index >= 15 is 0 Å². The number of benzene rings is 2. The molecular weight excluding hydrogens is 468 g/mol. The van der Waals surface area contributed by atoms with Crippen LogP contribution < -0.4 is 9.47 Å². The fourth-order valence-corrected chi connectivity index (χ4v) is 4.18. The van der Waals surface area contributed by atoms with E-state index in [0.29, 0.717) is 30.4 Å². The van der Waals surface area contributed by atoms with E-state index in [0.717, 1.165) is 59.9 Å². The van der Waals surface area contributed by atoms with Crippen molar-refractivity contribution in [2.75, 3.05) is 13.7 Å². The molecule has 0 saturated heterocycles. The molecule has 194 valence electrons. The maximum atomic E-state index is 11.8. The number of unbranched alkanes of at least 4 members (excludes halogenated alkanes) is 2. The first-order valence-electron chi connectivity index (χ1n) is 12.9. The maximum absolute atomic E-state index is 11.8. The molecule has 0 aliphatic carbocycles. The molecule has 0 saturated carbocycles. The van der Waals surface area contributed by atoms with Crippen molar-refractivity contribution >= 4 is 17.1 Å². The first kappa shape index (κ1) is 26.2. The van der Waals surface area contributed by atoms with E-state index in [4.69, 9.17) is 18.6 Å². The predicted octanol–water partition coefficient (Wildman–Crippen LogP) is 7.24. The topological polar surface area (TPSA) is 83.7 Å². The smallest absolute Gasteiger partial charge is 0.305 e. The molecule has 2 aromatic carbocycles. The molecule has 0 aliphatic heterocycles. The molecule has 0 N–H and O–H groups in total. The second-order valence-corrected chi connectivity index (χ2v) is 9.01. The van der Waals surface area contributed by atoms with Crippen molar-refractivity contribution in [1.82, 2.24) is 9.97 Å². The first-order valence-corrected chi connectivity index (χ1v) is 12.9. The quantitative estimate of drug-likeness (QED) is 0.141. The first-order chi connectivity index (χ1) is 18.1. The Hall–Kier alpha value is -3.87. The van der Waals surface area contributed by atoms with Gasteiger partial charge < -0.3 is 18.6 Å². The van der Waals surface area contributed by atoms with Crippen LogP contribution in [-0.4, -0.2) is 35.8 Å². The van der Waals surface area contributed by atoms with Gasteiger partial charge in [0.15, 0.2) is 0 Å². The number of hydrogen-bond donors (Lipinski definition) is 0. The lowest BCUT2D eigenvalue weighted by Gasteiger charge is -2.15. The molecule has 0 fully saturated rings. The number of carbonyl (C=O) groups excluding carboxylic acids is 1. The van der Waals surface area contributed by atoms with Crippen LogP contribution in [0.1, 0.15) is 52.4 Å². The number of esters is 1. The zero-order valence-corrected chi connectivity index (χ0v) is 21.7. The molecular formula is C30H34N2O5. The minimum absolute atomic E-state index is 0.104. The summed E-state index contributed by atoms with van der Waals surface area (Å²) in [6.07, 6.45) is 6.11. The normalized spacial score (nSPS) is 11.9. The highest BCUT2D eigenvalue weighted by Gasteiger charge is 2.23. The number of fused-ring (bicyclic) bond motifs is 1. The monoisotopic (exact) mass is 502 g/mol. The number of methoxy groups -OCH3 is 1. The Bertz CT molecular complexity index is 1280. The summed E-state index contributed by atoms with van der Waals surface area (Å²) in [6.45, 7) is 4.59. The number of aromatic nitrogens is 2. The molecule has 4 aromatic rings. The van der Waals surface area contributed by atoms with Crippen molar-refractivity contribution in [2.45, 2.75) is 58.5 Å². The van der Waals surface area contributed by atoms with Gasteiger partial charge in [0.05, 0.1) is 19.8 Å². The summed E-state index contributed by atoms with van der Waals surface area (Å²) in [5.41, 5.74) is 3.24. The van der Waals surface area contributed by atoms with Crippen molar-refractivity contribution in [2.24, 2.45) is 0 Å². The summed E-state index contributed by atoms with van der Waals surface area (Å²) in [7, 11) is 1.65. The Kier molecular flexibility index (Phi) is 9.13. The third-order valence-electron chi connectivity index (χ3n) is 6.18. The lowest BCUT2D eigenvalue weighted by molar-refractivity contribution is -0.143. The second-order valence-electron chi connectivity index (χ2n) is 9.01. The van der Waals surface area contributed by atoms with Crippen LogP contribution >= 0.6 is 0 Å². The lowest BCUT2D eigenvalue weighted by atomic mass is 9.99. The van der Waals surface area contributed by atoms with Crippen LogP contribution in [0, 0.1) is 0 Å². The van der Waals surface area contributed by atoms with Gasteiger partial charge in [-0.05, 0) is 50.3 Å². The van der Waals surface area contributed by atoms with Gasteiger partial charge >= 0.3 is 5.97 Å². The minimum atomic E-state index is -0.129. The average molecular weight is 503 g/mol. The van der Waals surface area contributed by atoms with E-state index in [9.17, 15) is 4.79 Å². The Balaban J connectivity index is 1.55. The van der Waals surface area contributed by atoms with Crippen LogP contribution in [0.5, 0.6) is 11.6 Å². The molecule has 4 rings (SSSR count). The molecule has 7 heteroatoms. The third kappa shape index (κ3) is 6.67. The van der Waals surface area contributed by atoms with Gasteiger partial charge in [-0.2, -0.15) is 0 Å². The van der Waals surface area contributed by atoms with Crippen LogP contribution in [0.2, 0.25) is 0 Å². The highest BCUT2D eigenvalue weighted by Crippen LogP contribution is 2.43. The summed E-state index contributed by atoms with van der Waals surface area (Å²) in [4.78, 5) is 20.7. The van der Waals surface area contributed by atoms with Gasteiger partial charge in [-0.3, -0.25) is 4.79 Å². The minimum Gasteiger partial charge on any atom is -0.497 e. The fraction of sp³-hybridized carbons (Fsp3) is 0.367. The Morgan fingerprint density at radius 3 is 2.49 bits per heavy atom. The van der Waals surface area contributed by atoms with Crippen molar-refractivity contribution in [1.29, 1.82) is 0 Å². The Morgan fingerprint density at radius 2 is 1.76 bits per heavy atom. The standard InChI is InChI=1S/C30H34N2O5/c1-4-5-19-35-25(33)14-10-9-11-21(2)36-29-27-26(22-15-17-24(34-3)18-16-22)28(23-12-7-6-8-13-23)37-30(27)32-20-31-29/h6-8,12-13,15-18,20-21H,4-5,9-11,14,19H2,1-3H3/t21-/m1/s1. The zero-order chi connectivity index (χ0) is 26.0. The van der Waals surface area contributed by atoms with E-state index < -0.39 is 0 Å². The molecule has 2 heterocycles. The van der Waals surface area contributed by atoms with Crippen molar-refractivity contribution < 1.29 is 23.4 Å². The van der Waals surface area contributed by atoms with Gasteiger partial charge in [-0.1, -0.05) is 55.8 Å². The molecule has 0 aliphatic rings. The zero-order valence-electron chi connectivity index (χ0n) is 21.7. The molecule has 0 spiro atoms.